The summed E-state index contributed by atoms with van der Waals surface area (Å²) in [4.78, 5) is 14.5. The van der Waals surface area contributed by atoms with Crippen molar-refractivity contribution in [2.75, 3.05) is 31.9 Å². The highest BCUT2D eigenvalue weighted by atomic mass is 32.2. The van der Waals surface area contributed by atoms with Crippen molar-refractivity contribution in [2.24, 2.45) is 5.41 Å². The number of nitrogens with zero attached hydrogens (tertiary/aromatic N) is 1. The molecule has 1 N–H and O–H groups in total. The minimum atomic E-state index is 0.0950. The Morgan fingerprint density at radius 1 is 1.39 bits per heavy atom. The second-order valence-electron chi connectivity index (χ2n) is 5.80. The van der Waals surface area contributed by atoms with E-state index in [2.05, 4.69) is 17.1 Å². The number of rotatable bonds is 7. The van der Waals surface area contributed by atoms with Gasteiger partial charge in [-0.1, -0.05) is 6.92 Å². The summed E-state index contributed by atoms with van der Waals surface area (Å²) in [5, 5.41) is 3.25. The van der Waals surface area contributed by atoms with E-state index in [0.717, 1.165) is 12.3 Å². The molecule has 0 unspecified atom stereocenters. The molecule has 2 aliphatic rings. The number of likely N-dealkylation sites (tertiary alicyclic amines) is 1. The lowest BCUT2D eigenvalue weighted by Gasteiger charge is -2.23. The van der Waals surface area contributed by atoms with Crippen LogP contribution in [0.1, 0.15) is 39.5 Å². The summed E-state index contributed by atoms with van der Waals surface area (Å²) in [6.45, 7) is 8.71. The van der Waals surface area contributed by atoms with Crippen LogP contribution in [0.2, 0.25) is 0 Å². The Balaban J connectivity index is 1.70. The molecule has 0 aromatic rings. The van der Waals surface area contributed by atoms with E-state index in [-0.39, 0.29) is 11.2 Å². The van der Waals surface area contributed by atoms with Crippen molar-refractivity contribution in [1.82, 2.24) is 10.2 Å². The first kappa shape index (κ1) is 14.2. The number of nitrogens with one attached hydrogen (secondary N) is 1. The van der Waals surface area contributed by atoms with Gasteiger partial charge < -0.3 is 10.2 Å². The monoisotopic (exact) mass is 270 g/mol. The fourth-order valence-corrected chi connectivity index (χ4v) is 3.46. The van der Waals surface area contributed by atoms with E-state index in [1.165, 1.54) is 45.3 Å². The normalized spacial score (nSPS) is 23.9. The number of hydrogen-bond acceptors (Lipinski definition) is 3. The maximum atomic E-state index is 11.9. The minimum Gasteiger partial charge on any atom is -0.355 e. The summed E-state index contributed by atoms with van der Waals surface area (Å²) in [6.07, 6.45) is 5.29. The van der Waals surface area contributed by atoms with Gasteiger partial charge in [-0.2, -0.15) is 0 Å². The minimum absolute atomic E-state index is 0.0950. The van der Waals surface area contributed by atoms with Gasteiger partial charge in [-0.3, -0.25) is 4.79 Å². The fourth-order valence-electron chi connectivity index (χ4n) is 2.73. The third-order valence-electron chi connectivity index (χ3n) is 4.14. The standard InChI is InChI=1S/C14H26N2OS/c1-3-18-12(2)13(17)15-10-14(6-7-14)11-16-8-4-5-9-16/h12H,3-11H2,1-2H3,(H,15,17)/t12-/m1/s1. The molecule has 1 aliphatic heterocycles. The maximum Gasteiger partial charge on any atom is 0.232 e. The van der Waals surface area contributed by atoms with Gasteiger partial charge in [-0.15, -0.1) is 11.8 Å². The van der Waals surface area contributed by atoms with Gasteiger partial charge in [0, 0.05) is 18.5 Å². The molecule has 0 aromatic heterocycles. The van der Waals surface area contributed by atoms with Crippen LogP contribution >= 0.6 is 11.8 Å². The van der Waals surface area contributed by atoms with Crippen molar-refractivity contribution in [3.05, 3.63) is 0 Å². The SMILES string of the molecule is CCS[C@H](C)C(=O)NCC1(CN2CCCC2)CC1. The highest BCUT2D eigenvalue weighted by Crippen LogP contribution is 2.46. The zero-order valence-electron chi connectivity index (χ0n) is 11.7. The predicted octanol–water partition coefficient (Wildman–Crippen LogP) is 2.12. The number of carbonyl (C=O) groups excluding carboxylic acids is 1. The Kier molecular flexibility index (Phi) is 4.96. The van der Waals surface area contributed by atoms with Crippen molar-refractivity contribution >= 4 is 17.7 Å². The van der Waals surface area contributed by atoms with Gasteiger partial charge in [0.15, 0.2) is 0 Å². The van der Waals surface area contributed by atoms with E-state index in [1.54, 1.807) is 11.8 Å². The molecule has 1 saturated heterocycles. The summed E-state index contributed by atoms with van der Waals surface area (Å²) in [7, 11) is 0. The third kappa shape index (κ3) is 3.89. The Morgan fingerprint density at radius 2 is 2.06 bits per heavy atom. The lowest BCUT2D eigenvalue weighted by Crippen LogP contribution is -2.39. The Morgan fingerprint density at radius 3 is 2.61 bits per heavy atom. The number of thioether (sulfide) groups is 1. The van der Waals surface area contributed by atoms with Crippen molar-refractivity contribution in [2.45, 2.75) is 44.8 Å². The van der Waals surface area contributed by atoms with E-state index in [9.17, 15) is 4.79 Å². The van der Waals surface area contributed by atoms with Gasteiger partial charge in [-0.25, -0.2) is 0 Å². The molecular formula is C14H26N2OS. The average molecular weight is 270 g/mol. The lowest BCUT2D eigenvalue weighted by molar-refractivity contribution is -0.120. The quantitative estimate of drug-likeness (QED) is 0.769. The third-order valence-corrected chi connectivity index (χ3v) is 5.19. The van der Waals surface area contributed by atoms with Crippen LogP contribution in [0, 0.1) is 5.41 Å². The molecule has 2 rings (SSSR count). The Hall–Kier alpha value is -0.220. The summed E-state index contributed by atoms with van der Waals surface area (Å²) < 4.78 is 0. The molecule has 1 amide bonds. The average Bonchev–Trinajstić information content (AvgIpc) is 2.92. The zero-order valence-corrected chi connectivity index (χ0v) is 12.5. The van der Waals surface area contributed by atoms with Crippen LogP contribution in [-0.4, -0.2) is 48.0 Å². The molecule has 1 atom stereocenters. The van der Waals surface area contributed by atoms with Crippen LogP contribution in [0.3, 0.4) is 0 Å². The van der Waals surface area contributed by atoms with Gasteiger partial charge in [0.25, 0.3) is 0 Å². The van der Waals surface area contributed by atoms with E-state index < -0.39 is 0 Å². The molecule has 0 aromatic carbocycles. The van der Waals surface area contributed by atoms with Crippen molar-refractivity contribution in [1.29, 1.82) is 0 Å². The first-order valence-corrected chi connectivity index (χ1v) is 8.32. The first-order valence-electron chi connectivity index (χ1n) is 7.27. The molecule has 104 valence electrons. The molecule has 0 bridgehead atoms. The smallest absolute Gasteiger partial charge is 0.232 e. The van der Waals surface area contributed by atoms with Crippen LogP contribution in [0.4, 0.5) is 0 Å². The first-order chi connectivity index (χ1) is 8.65. The predicted molar refractivity (Wildman–Crippen MR) is 77.9 cm³/mol. The van der Waals surface area contributed by atoms with E-state index in [1.807, 2.05) is 6.92 Å². The zero-order chi connectivity index (χ0) is 13.0. The number of amides is 1. The molecule has 18 heavy (non-hydrogen) atoms. The fraction of sp³-hybridized carbons (Fsp3) is 0.929. The molecule has 2 fully saturated rings. The van der Waals surface area contributed by atoms with Gasteiger partial charge in [-0.05, 0) is 51.4 Å². The van der Waals surface area contributed by atoms with Crippen LogP contribution in [0.15, 0.2) is 0 Å². The summed E-state index contributed by atoms with van der Waals surface area (Å²) in [5.74, 6) is 1.22. The molecule has 4 heteroatoms. The van der Waals surface area contributed by atoms with E-state index in [4.69, 9.17) is 0 Å². The lowest BCUT2D eigenvalue weighted by atomic mass is 10.1. The molecule has 1 aliphatic carbocycles. The van der Waals surface area contributed by atoms with Crippen molar-refractivity contribution < 1.29 is 4.79 Å². The highest BCUT2D eigenvalue weighted by Gasteiger charge is 2.44. The van der Waals surface area contributed by atoms with Crippen molar-refractivity contribution in [3.63, 3.8) is 0 Å². The molecule has 3 nitrogen and oxygen atoms in total. The highest BCUT2D eigenvalue weighted by molar-refractivity contribution is 8.00. The van der Waals surface area contributed by atoms with E-state index in [0.29, 0.717) is 5.41 Å². The second-order valence-corrected chi connectivity index (χ2v) is 7.42. The van der Waals surface area contributed by atoms with Gasteiger partial charge in [0.05, 0.1) is 5.25 Å². The Bertz CT molecular complexity index is 286. The number of carbonyl (C=O) groups is 1. The molecule has 1 heterocycles. The van der Waals surface area contributed by atoms with Crippen molar-refractivity contribution in [3.8, 4) is 0 Å². The number of hydrogen-bond donors (Lipinski definition) is 1. The van der Waals surface area contributed by atoms with Gasteiger partial charge in [0.2, 0.25) is 5.91 Å². The molecule has 1 saturated carbocycles. The molecule has 0 spiro atoms. The summed E-state index contributed by atoms with van der Waals surface area (Å²) in [5.41, 5.74) is 0.413. The largest absolute Gasteiger partial charge is 0.355 e. The van der Waals surface area contributed by atoms with Crippen LogP contribution in [0.25, 0.3) is 0 Å². The van der Waals surface area contributed by atoms with Crippen LogP contribution in [-0.2, 0) is 4.79 Å². The van der Waals surface area contributed by atoms with E-state index >= 15 is 0 Å². The molecular weight excluding hydrogens is 244 g/mol. The van der Waals surface area contributed by atoms with Gasteiger partial charge in [0.1, 0.15) is 0 Å². The Labute approximate surface area is 115 Å². The van der Waals surface area contributed by atoms with Gasteiger partial charge >= 0.3 is 0 Å². The molecule has 0 radical (unpaired) electrons. The topological polar surface area (TPSA) is 32.3 Å². The maximum absolute atomic E-state index is 11.9. The second kappa shape index (κ2) is 6.29. The summed E-state index contributed by atoms with van der Waals surface area (Å²) >= 11 is 1.72. The summed E-state index contributed by atoms with van der Waals surface area (Å²) in [6, 6.07) is 0. The van der Waals surface area contributed by atoms with Crippen LogP contribution in [0.5, 0.6) is 0 Å². The van der Waals surface area contributed by atoms with Crippen LogP contribution < -0.4 is 5.32 Å².